The molecule has 1 fully saturated rings. The summed E-state index contributed by atoms with van der Waals surface area (Å²) in [6.07, 6.45) is 3.47. The monoisotopic (exact) mass is 342 g/mol. The van der Waals surface area contributed by atoms with Crippen LogP contribution in [0.1, 0.15) is 6.42 Å². The van der Waals surface area contributed by atoms with E-state index in [9.17, 15) is 9.59 Å². The number of benzene rings is 1. The number of hydrogen-bond donors (Lipinski definition) is 1. The highest BCUT2D eigenvalue weighted by Gasteiger charge is 2.35. The van der Waals surface area contributed by atoms with Gasteiger partial charge in [0, 0.05) is 38.0 Å². The molecule has 8 heteroatoms. The highest BCUT2D eigenvalue weighted by Crippen LogP contribution is 2.36. The second-order valence-corrected chi connectivity index (χ2v) is 6.13. The Bertz CT molecular complexity index is 832. The molecule has 2 aromatic rings. The van der Waals surface area contributed by atoms with E-state index in [-0.39, 0.29) is 18.2 Å². The Morgan fingerprint density at radius 1 is 1.28 bits per heavy atom. The molecular weight excluding hydrogens is 324 g/mol. The van der Waals surface area contributed by atoms with Crippen LogP contribution in [0.15, 0.2) is 30.6 Å². The highest BCUT2D eigenvalue weighted by atomic mass is 16.6. The van der Waals surface area contributed by atoms with E-state index in [2.05, 4.69) is 10.4 Å². The van der Waals surface area contributed by atoms with Crippen molar-refractivity contribution in [2.75, 3.05) is 30.0 Å². The van der Waals surface area contributed by atoms with Crippen molar-refractivity contribution in [1.29, 1.82) is 0 Å². The lowest BCUT2D eigenvalue weighted by Gasteiger charge is -2.22. The van der Waals surface area contributed by atoms with Gasteiger partial charge in [0.2, 0.25) is 11.8 Å². The second-order valence-electron chi connectivity index (χ2n) is 6.13. The van der Waals surface area contributed by atoms with Gasteiger partial charge in [0.05, 0.1) is 17.8 Å². The summed E-state index contributed by atoms with van der Waals surface area (Å²) in [5, 5.41) is 6.81. The van der Waals surface area contributed by atoms with Crippen LogP contribution in [0.2, 0.25) is 0 Å². The fourth-order valence-corrected chi connectivity index (χ4v) is 3.06. The van der Waals surface area contributed by atoms with E-state index in [1.54, 1.807) is 41.2 Å². The number of carbonyl (C=O) groups is 2. The summed E-state index contributed by atoms with van der Waals surface area (Å²) in [5.74, 6) is 0.637. The Morgan fingerprint density at radius 2 is 2.08 bits per heavy atom. The first-order valence-electron chi connectivity index (χ1n) is 8.10. The Labute approximate surface area is 144 Å². The Balaban J connectivity index is 1.47. The van der Waals surface area contributed by atoms with Gasteiger partial charge in [-0.3, -0.25) is 14.3 Å². The van der Waals surface area contributed by atoms with Gasteiger partial charge >= 0.3 is 0 Å². The smallest absolute Gasteiger partial charge is 0.229 e. The molecule has 4 rings (SSSR count). The van der Waals surface area contributed by atoms with Crippen LogP contribution in [0.4, 0.5) is 11.4 Å². The van der Waals surface area contributed by atoms with Gasteiger partial charge in [0.25, 0.3) is 0 Å². The number of aromatic nitrogens is 2. The molecule has 2 aliphatic rings. The lowest BCUT2D eigenvalue weighted by atomic mass is 10.1. The van der Waals surface area contributed by atoms with Crippen molar-refractivity contribution in [3.8, 4) is 11.5 Å². The van der Waals surface area contributed by atoms with E-state index in [4.69, 9.17) is 9.47 Å². The van der Waals surface area contributed by atoms with Crippen molar-refractivity contribution in [2.24, 2.45) is 13.0 Å². The van der Waals surface area contributed by atoms with Crippen LogP contribution in [0.5, 0.6) is 11.5 Å². The molecule has 0 saturated carbocycles. The number of nitrogens with zero attached hydrogens (tertiary/aromatic N) is 3. The van der Waals surface area contributed by atoms with Crippen LogP contribution in [0.25, 0.3) is 0 Å². The summed E-state index contributed by atoms with van der Waals surface area (Å²) in [5.41, 5.74) is 1.34. The number of amides is 2. The van der Waals surface area contributed by atoms with Crippen LogP contribution in [-0.2, 0) is 16.6 Å². The standard InChI is InChI=1S/C17H18N4O4/c1-20-10-12(8-18-20)19-17(23)11-6-16(22)21(9-11)13-2-3-14-15(7-13)25-5-4-24-14/h2-3,7-8,10-11H,4-6,9H2,1H3,(H,19,23)/t11-/m1/s1. The molecule has 1 N–H and O–H groups in total. The lowest BCUT2D eigenvalue weighted by Crippen LogP contribution is -2.28. The van der Waals surface area contributed by atoms with Gasteiger partial charge in [0.1, 0.15) is 13.2 Å². The third kappa shape index (κ3) is 3.02. The SMILES string of the molecule is Cn1cc(NC(=O)[C@@H]2CC(=O)N(c3ccc4c(c3)OCCO4)C2)cn1. The average molecular weight is 342 g/mol. The summed E-state index contributed by atoms with van der Waals surface area (Å²) in [7, 11) is 1.78. The highest BCUT2D eigenvalue weighted by molar-refractivity contribution is 6.03. The topological polar surface area (TPSA) is 85.7 Å². The molecule has 0 aliphatic carbocycles. The summed E-state index contributed by atoms with van der Waals surface area (Å²) >= 11 is 0. The number of anilines is 2. The summed E-state index contributed by atoms with van der Waals surface area (Å²) in [6.45, 7) is 1.34. The first-order valence-corrected chi connectivity index (χ1v) is 8.10. The third-order valence-electron chi connectivity index (χ3n) is 4.31. The fraction of sp³-hybridized carbons (Fsp3) is 0.353. The number of ether oxygens (including phenoxy) is 2. The zero-order chi connectivity index (χ0) is 17.4. The number of carbonyl (C=O) groups excluding carboxylic acids is 2. The predicted octanol–water partition coefficient (Wildman–Crippen LogP) is 1.18. The van der Waals surface area contributed by atoms with Crippen LogP contribution in [-0.4, -0.2) is 41.4 Å². The molecule has 1 atom stereocenters. The van der Waals surface area contributed by atoms with E-state index in [1.165, 1.54) is 0 Å². The average Bonchev–Trinajstić information content (AvgIpc) is 3.20. The summed E-state index contributed by atoms with van der Waals surface area (Å²) < 4.78 is 12.7. The zero-order valence-electron chi connectivity index (χ0n) is 13.8. The van der Waals surface area contributed by atoms with E-state index in [0.717, 1.165) is 0 Å². The van der Waals surface area contributed by atoms with Gasteiger partial charge in [-0.2, -0.15) is 5.10 Å². The van der Waals surface area contributed by atoms with Crippen LogP contribution in [0, 0.1) is 5.92 Å². The van der Waals surface area contributed by atoms with Crippen LogP contribution >= 0.6 is 0 Å². The maximum atomic E-state index is 12.4. The lowest BCUT2D eigenvalue weighted by molar-refractivity contribution is -0.122. The van der Waals surface area contributed by atoms with Gasteiger partial charge < -0.3 is 19.7 Å². The first-order chi connectivity index (χ1) is 12.1. The van der Waals surface area contributed by atoms with Crippen molar-refractivity contribution in [3.05, 3.63) is 30.6 Å². The van der Waals surface area contributed by atoms with Crippen LogP contribution < -0.4 is 19.7 Å². The molecular formula is C17H18N4O4. The summed E-state index contributed by atoms with van der Waals surface area (Å²) in [6, 6.07) is 5.39. The van der Waals surface area contributed by atoms with Crippen molar-refractivity contribution in [3.63, 3.8) is 0 Å². The van der Waals surface area contributed by atoms with Gasteiger partial charge in [-0.05, 0) is 12.1 Å². The van der Waals surface area contributed by atoms with Gasteiger partial charge in [-0.1, -0.05) is 0 Å². The van der Waals surface area contributed by atoms with Gasteiger partial charge in [0.15, 0.2) is 11.5 Å². The van der Waals surface area contributed by atoms with Crippen molar-refractivity contribution < 1.29 is 19.1 Å². The Hall–Kier alpha value is -3.03. The number of nitrogens with one attached hydrogen (secondary N) is 1. The Morgan fingerprint density at radius 3 is 2.84 bits per heavy atom. The van der Waals surface area contributed by atoms with Crippen molar-refractivity contribution >= 4 is 23.2 Å². The fourth-order valence-electron chi connectivity index (χ4n) is 3.06. The minimum Gasteiger partial charge on any atom is -0.486 e. The van der Waals surface area contributed by atoms with E-state index < -0.39 is 5.92 Å². The molecule has 1 aromatic heterocycles. The Kier molecular flexibility index (Phi) is 3.79. The molecule has 0 spiro atoms. The van der Waals surface area contributed by atoms with E-state index in [1.807, 2.05) is 6.07 Å². The van der Waals surface area contributed by atoms with Gasteiger partial charge in [-0.15, -0.1) is 0 Å². The molecule has 25 heavy (non-hydrogen) atoms. The zero-order valence-corrected chi connectivity index (χ0v) is 13.8. The van der Waals surface area contributed by atoms with Gasteiger partial charge in [-0.25, -0.2) is 0 Å². The molecule has 0 unspecified atom stereocenters. The maximum Gasteiger partial charge on any atom is 0.229 e. The minimum atomic E-state index is -0.402. The van der Waals surface area contributed by atoms with Crippen molar-refractivity contribution in [2.45, 2.75) is 6.42 Å². The molecule has 1 aromatic carbocycles. The largest absolute Gasteiger partial charge is 0.486 e. The molecule has 8 nitrogen and oxygen atoms in total. The minimum absolute atomic E-state index is 0.0805. The van der Waals surface area contributed by atoms with E-state index >= 15 is 0 Å². The first kappa shape index (κ1) is 15.5. The molecule has 2 aliphatic heterocycles. The molecule has 3 heterocycles. The van der Waals surface area contributed by atoms with Crippen molar-refractivity contribution in [1.82, 2.24) is 9.78 Å². The quantitative estimate of drug-likeness (QED) is 0.905. The number of fused-ring (bicyclic) bond motifs is 1. The van der Waals surface area contributed by atoms with Crippen LogP contribution in [0.3, 0.4) is 0 Å². The maximum absolute atomic E-state index is 12.4. The third-order valence-corrected chi connectivity index (χ3v) is 4.31. The number of hydrogen-bond acceptors (Lipinski definition) is 5. The summed E-state index contributed by atoms with van der Waals surface area (Å²) in [4.78, 5) is 26.4. The second kappa shape index (κ2) is 6.12. The number of aryl methyl sites for hydroxylation is 1. The van der Waals surface area contributed by atoms with E-state index in [0.29, 0.717) is 42.6 Å². The number of rotatable bonds is 3. The molecule has 0 bridgehead atoms. The molecule has 130 valence electrons. The predicted molar refractivity (Wildman–Crippen MR) is 89.7 cm³/mol. The normalized spacial score (nSPS) is 19.2. The molecule has 1 saturated heterocycles. The molecule has 2 amide bonds. The molecule has 0 radical (unpaired) electrons.